The third-order valence-corrected chi connectivity index (χ3v) is 6.27. The lowest BCUT2D eigenvalue weighted by atomic mass is 10.1. The molecule has 1 fully saturated rings. The molecule has 0 unspecified atom stereocenters. The van der Waals surface area contributed by atoms with Crippen molar-refractivity contribution in [1.29, 1.82) is 0 Å². The van der Waals surface area contributed by atoms with E-state index < -0.39 is 0 Å². The van der Waals surface area contributed by atoms with Crippen molar-refractivity contribution in [3.8, 4) is 0 Å². The van der Waals surface area contributed by atoms with Gasteiger partial charge in [0.25, 0.3) is 0 Å². The van der Waals surface area contributed by atoms with Crippen LogP contribution in [0.3, 0.4) is 0 Å². The summed E-state index contributed by atoms with van der Waals surface area (Å²) >= 11 is 1.84. The van der Waals surface area contributed by atoms with Crippen LogP contribution in [0, 0.1) is 12.8 Å². The SMILES string of the molecule is Cc1ccsc1CN1Cc2ccnn2[C@H](CCNC(=O)CC2CC2)C1. The zero-order valence-electron chi connectivity index (χ0n) is 14.8. The van der Waals surface area contributed by atoms with Crippen LogP contribution in [0.15, 0.2) is 23.7 Å². The number of aromatic nitrogens is 2. The van der Waals surface area contributed by atoms with E-state index in [4.69, 9.17) is 0 Å². The molecule has 1 amide bonds. The van der Waals surface area contributed by atoms with Crippen LogP contribution in [-0.4, -0.2) is 33.7 Å². The molecule has 0 saturated heterocycles. The molecular formula is C19H26N4OS. The highest BCUT2D eigenvalue weighted by molar-refractivity contribution is 7.10. The van der Waals surface area contributed by atoms with E-state index in [-0.39, 0.29) is 5.91 Å². The van der Waals surface area contributed by atoms with Gasteiger partial charge in [0.15, 0.2) is 0 Å². The Kier molecular flexibility index (Phi) is 4.90. The van der Waals surface area contributed by atoms with Crippen molar-refractivity contribution in [3.63, 3.8) is 0 Å². The van der Waals surface area contributed by atoms with Gasteiger partial charge in [-0.25, -0.2) is 0 Å². The molecule has 0 spiro atoms. The van der Waals surface area contributed by atoms with Gasteiger partial charge in [-0.3, -0.25) is 14.4 Å². The molecule has 5 nitrogen and oxygen atoms in total. The first-order chi connectivity index (χ1) is 12.2. The molecule has 1 aliphatic carbocycles. The summed E-state index contributed by atoms with van der Waals surface area (Å²) in [5.74, 6) is 0.863. The number of thiophene rings is 1. The van der Waals surface area contributed by atoms with Gasteiger partial charge in [0.2, 0.25) is 5.91 Å². The summed E-state index contributed by atoms with van der Waals surface area (Å²) in [6.07, 6.45) is 5.99. The molecule has 2 aliphatic rings. The average molecular weight is 359 g/mol. The van der Waals surface area contributed by atoms with Crippen molar-refractivity contribution in [2.75, 3.05) is 13.1 Å². The molecule has 0 radical (unpaired) electrons. The van der Waals surface area contributed by atoms with E-state index >= 15 is 0 Å². The third kappa shape index (κ3) is 4.12. The molecule has 6 heteroatoms. The van der Waals surface area contributed by atoms with Gasteiger partial charge in [-0.2, -0.15) is 5.10 Å². The Hall–Kier alpha value is -1.66. The highest BCUT2D eigenvalue weighted by Crippen LogP contribution is 2.32. The topological polar surface area (TPSA) is 50.2 Å². The van der Waals surface area contributed by atoms with Gasteiger partial charge < -0.3 is 5.32 Å². The highest BCUT2D eigenvalue weighted by Gasteiger charge is 2.27. The molecular weight excluding hydrogens is 332 g/mol. The van der Waals surface area contributed by atoms with Crippen molar-refractivity contribution in [3.05, 3.63) is 39.8 Å². The molecule has 1 aliphatic heterocycles. The summed E-state index contributed by atoms with van der Waals surface area (Å²) in [6.45, 7) is 5.86. The first-order valence-corrected chi connectivity index (χ1v) is 10.1. The Balaban J connectivity index is 1.35. The van der Waals surface area contributed by atoms with Crippen molar-refractivity contribution in [1.82, 2.24) is 20.0 Å². The standard InChI is InChI=1S/C19H26N4OS/c1-14-6-9-25-18(14)13-22-11-16(23-17(12-22)5-8-21-23)4-7-20-19(24)10-15-2-3-15/h5-6,8-9,15-16H,2-4,7,10-13H2,1H3,(H,20,24)/t16-/m1/s1. The Morgan fingerprint density at radius 2 is 2.28 bits per heavy atom. The highest BCUT2D eigenvalue weighted by atomic mass is 32.1. The third-order valence-electron chi connectivity index (χ3n) is 5.26. The van der Waals surface area contributed by atoms with Gasteiger partial charge in [0, 0.05) is 43.7 Å². The van der Waals surface area contributed by atoms with Crippen LogP contribution in [-0.2, 0) is 17.9 Å². The lowest BCUT2D eigenvalue weighted by Gasteiger charge is -2.34. The Morgan fingerprint density at radius 3 is 3.04 bits per heavy atom. The number of carbonyl (C=O) groups excluding carboxylic acids is 1. The van der Waals surface area contributed by atoms with Gasteiger partial charge in [-0.15, -0.1) is 11.3 Å². The minimum atomic E-state index is 0.213. The lowest BCUT2D eigenvalue weighted by Crippen LogP contribution is -2.38. The summed E-state index contributed by atoms with van der Waals surface area (Å²) < 4.78 is 2.16. The molecule has 0 aromatic carbocycles. The fourth-order valence-electron chi connectivity index (χ4n) is 3.60. The summed E-state index contributed by atoms with van der Waals surface area (Å²) in [7, 11) is 0. The van der Waals surface area contributed by atoms with Gasteiger partial charge in [0.1, 0.15) is 0 Å². The number of carbonyl (C=O) groups is 1. The zero-order chi connectivity index (χ0) is 17.2. The van der Waals surface area contributed by atoms with Crippen LogP contribution in [0.2, 0.25) is 0 Å². The Bertz CT molecular complexity index is 733. The number of nitrogens with zero attached hydrogens (tertiary/aromatic N) is 3. The minimum absolute atomic E-state index is 0.213. The van der Waals surface area contributed by atoms with E-state index in [9.17, 15) is 4.79 Å². The van der Waals surface area contributed by atoms with Crippen LogP contribution >= 0.6 is 11.3 Å². The fraction of sp³-hybridized carbons (Fsp3) is 0.579. The second-order valence-electron chi connectivity index (χ2n) is 7.40. The number of hydrogen-bond acceptors (Lipinski definition) is 4. The predicted molar refractivity (Wildman–Crippen MR) is 99.4 cm³/mol. The normalized spacial score (nSPS) is 20.4. The molecule has 2 aromatic heterocycles. The molecule has 3 heterocycles. The number of aryl methyl sites for hydroxylation is 1. The monoisotopic (exact) mass is 358 g/mol. The second-order valence-corrected chi connectivity index (χ2v) is 8.40. The maximum absolute atomic E-state index is 11.9. The zero-order valence-corrected chi connectivity index (χ0v) is 15.6. The number of hydrogen-bond donors (Lipinski definition) is 1. The lowest BCUT2D eigenvalue weighted by molar-refractivity contribution is -0.121. The van der Waals surface area contributed by atoms with Gasteiger partial charge >= 0.3 is 0 Å². The van der Waals surface area contributed by atoms with Crippen molar-refractivity contribution in [2.45, 2.75) is 51.7 Å². The van der Waals surface area contributed by atoms with Crippen molar-refractivity contribution >= 4 is 17.2 Å². The van der Waals surface area contributed by atoms with Gasteiger partial charge in [-0.1, -0.05) is 0 Å². The first kappa shape index (κ1) is 16.8. The van der Waals surface area contributed by atoms with Crippen LogP contribution in [0.25, 0.3) is 0 Å². The Morgan fingerprint density at radius 1 is 1.40 bits per heavy atom. The molecule has 134 valence electrons. The fourth-order valence-corrected chi connectivity index (χ4v) is 4.55. The second kappa shape index (κ2) is 7.30. The molecule has 4 rings (SSSR count). The summed E-state index contributed by atoms with van der Waals surface area (Å²) in [5.41, 5.74) is 2.66. The average Bonchev–Trinajstić information content (AvgIpc) is 3.11. The number of fused-ring (bicyclic) bond motifs is 1. The minimum Gasteiger partial charge on any atom is -0.356 e. The van der Waals surface area contributed by atoms with Gasteiger partial charge in [-0.05, 0) is 55.2 Å². The number of nitrogens with one attached hydrogen (secondary N) is 1. The Labute approximate surface area is 153 Å². The summed E-state index contributed by atoms with van der Waals surface area (Å²) in [6, 6.07) is 4.65. The summed E-state index contributed by atoms with van der Waals surface area (Å²) in [4.78, 5) is 15.9. The van der Waals surface area contributed by atoms with Gasteiger partial charge in [0.05, 0.1) is 11.7 Å². The smallest absolute Gasteiger partial charge is 0.220 e. The maximum atomic E-state index is 11.9. The van der Waals surface area contributed by atoms with E-state index in [1.54, 1.807) is 0 Å². The number of amides is 1. The molecule has 1 N–H and O–H groups in total. The predicted octanol–water partition coefficient (Wildman–Crippen LogP) is 3.12. The largest absolute Gasteiger partial charge is 0.356 e. The molecule has 2 aromatic rings. The van der Waals surface area contributed by atoms with E-state index in [2.05, 4.69) is 44.4 Å². The molecule has 25 heavy (non-hydrogen) atoms. The van der Waals surface area contributed by atoms with E-state index in [1.807, 2.05) is 17.5 Å². The van der Waals surface area contributed by atoms with E-state index in [1.165, 1.54) is 29.0 Å². The molecule has 1 atom stereocenters. The van der Waals surface area contributed by atoms with E-state index in [0.717, 1.165) is 32.6 Å². The quantitative estimate of drug-likeness (QED) is 0.827. The van der Waals surface area contributed by atoms with Crippen LogP contribution < -0.4 is 5.32 Å². The summed E-state index contributed by atoms with van der Waals surface area (Å²) in [5, 5.41) is 9.79. The van der Waals surface area contributed by atoms with Crippen molar-refractivity contribution < 1.29 is 4.79 Å². The number of rotatable bonds is 7. The maximum Gasteiger partial charge on any atom is 0.220 e. The molecule has 0 bridgehead atoms. The molecule has 1 saturated carbocycles. The first-order valence-electron chi connectivity index (χ1n) is 9.23. The van der Waals surface area contributed by atoms with Crippen LogP contribution in [0.5, 0.6) is 0 Å². The van der Waals surface area contributed by atoms with E-state index in [0.29, 0.717) is 18.4 Å². The van der Waals surface area contributed by atoms with Crippen LogP contribution in [0.1, 0.15) is 47.9 Å². The van der Waals surface area contributed by atoms with Crippen molar-refractivity contribution in [2.24, 2.45) is 5.92 Å². The van der Waals surface area contributed by atoms with Crippen LogP contribution in [0.4, 0.5) is 0 Å².